The van der Waals surface area contributed by atoms with E-state index in [4.69, 9.17) is 4.74 Å². The van der Waals surface area contributed by atoms with E-state index in [0.717, 1.165) is 0 Å². The van der Waals surface area contributed by atoms with Gasteiger partial charge in [-0.3, -0.25) is 9.59 Å². The largest absolute Gasteiger partial charge is 0.482 e. The summed E-state index contributed by atoms with van der Waals surface area (Å²) in [4.78, 5) is 38.4. The van der Waals surface area contributed by atoms with E-state index in [1.807, 2.05) is 6.07 Å². The molecule has 1 aromatic carbocycles. The Morgan fingerprint density at radius 1 is 1.11 bits per heavy atom. The fourth-order valence-corrected chi connectivity index (χ4v) is 1.45. The Hall–Kier alpha value is -2.37. The summed E-state index contributed by atoms with van der Waals surface area (Å²) in [5.74, 6) is -1.29. The third-order valence-electron chi connectivity index (χ3n) is 2.30. The minimum absolute atomic E-state index is 0.0751. The number of ether oxygens (including phenoxy) is 1. The summed E-state index contributed by atoms with van der Waals surface area (Å²) < 4.78 is 5.12. The number of amides is 2. The number of carbonyl (C=O) groups excluding carboxylic acids is 3. The Kier molecular flexibility index (Phi) is 3.57. The highest BCUT2D eigenvalue weighted by Crippen LogP contribution is 2.13. The van der Waals surface area contributed by atoms with E-state index in [9.17, 15) is 14.4 Å². The van der Waals surface area contributed by atoms with E-state index in [2.05, 4.69) is 4.84 Å². The highest BCUT2D eigenvalue weighted by Gasteiger charge is 2.32. The molecule has 6 nitrogen and oxygen atoms in total. The second-order valence-electron chi connectivity index (χ2n) is 3.65. The molecular formula is C12H11NO5. The molecule has 0 saturated carbocycles. The van der Waals surface area contributed by atoms with Gasteiger partial charge in [0.1, 0.15) is 5.75 Å². The first kappa shape index (κ1) is 12.1. The van der Waals surface area contributed by atoms with E-state index >= 15 is 0 Å². The molecule has 1 aliphatic heterocycles. The molecule has 1 aliphatic rings. The van der Waals surface area contributed by atoms with Gasteiger partial charge in [-0.15, -0.1) is 5.06 Å². The zero-order valence-corrected chi connectivity index (χ0v) is 9.50. The molecule has 1 heterocycles. The van der Waals surface area contributed by atoms with Gasteiger partial charge in [0.25, 0.3) is 11.8 Å². The Morgan fingerprint density at radius 3 is 2.33 bits per heavy atom. The molecule has 0 spiro atoms. The van der Waals surface area contributed by atoms with E-state index < -0.39 is 17.8 Å². The Labute approximate surface area is 103 Å². The van der Waals surface area contributed by atoms with E-state index in [1.54, 1.807) is 24.3 Å². The Balaban J connectivity index is 1.82. The highest BCUT2D eigenvalue weighted by molar-refractivity contribution is 6.01. The van der Waals surface area contributed by atoms with Crippen molar-refractivity contribution in [2.75, 3.05) is 6.61 Å². The highest BCUT2D eigenvalue weighted by atomic mass is 16.7. The third kappa shape index (κ3) is 2.85. The summed E-state index contributed by atoms with van der Waals surface area (Å²) in [6, 6.07) is 8.69. The van der Waals surface area contributed by atoms with Crippen LogP contribution in [0.4, 0.5) is 0 Å². The maximum Gasteiger partial charge on any atom is 0.370 e. The third-order valence-corrected chi connectivity index (χ3v) is 2.30. The predicted molar refractivity (Wildman–Crippen MR) is 59.1 cm³/mol. The number of imide groups is 1. The molecule has 1 saturated heterocycles. The standard InChI is InChI=1S/C12H11NO5/c14-10-6-7-11(15)13(10)18-12(16)8-17-9-4-2-1-3-5-9/h1-5H,6-8H2. The van der Waals surface area contributed by atoms with Gasteiger partial charge in [-0.25, -0.2) is 4.79 Å². The maximum absolute atomic E-state index is 11.4. The average molecular weight is 249 g/mol. The Morgan fingerprint density at radius 2 is 1.72 bits per heavy atom. The van der Waals surface area contributed by atoms with Crippen molar-refractivity contribution in [2.45, 2.75) is 12.8 Å². The van der Waals surface area contributed by atoms with Crippen molar-refractivity contribution in [3.63, 3.8) is 0 Å². The van der Waals surface area contributed by atoms with Gasteiger partial charge >= 0.3 is 5.97 Å². The van der Waals surface area contributed by atoms with Crippen LogP contribution in [0.25, 0.3) is 0 Å². The van der Waals surface area contributed by atoms with Crippen LogP contribution in [0.15, 0.2) is 30.3 Å². The van der Waals surface area contributed by atoms with Gasteiger partial charge in [0.15, 0.2) is 6.61 Å². The zero-order chi connectivity index (χ0) is 13.0. The molecule has 0 aromatic heterocycles. The summed E-state index contributed by atoms with van der Waals surface area (Å²) >= 11 is 0. The van der Waals surface area contributed by atoms with Gasteiger partial charge in [-0.2, -0.15) is 0 Å². The molecule has 0 atom stereocenters. The first-order valence-corrected chi connectivity index (χ1v) is 5.41. The molecule has 2 amide bonds. The van der Waals surface area contributed by atoms with Gasteiger partial charge in [-0.1, -0.05) is 18.2 Å². The summed E-state index contributed by atoms with van der Waals surface area (Å²) in [6.07, 6.45) is 0.150. The normalized spacial score (nSPS) is 14.8. The molecule has 0 bridgehead atoms. The van der Waals surface area contributed by atoms with Crippen molar-refractivity contribution in [3.05, 3.63) is 30.3 Å². The molecule has 2 rings (SSSR count). The first-order chi connectivity index (χ1) is 8.66. The van der Waals surface area contributed by atoms with Crippen molar-refractivity contribution < 1.29 is 24.0 Å². The fraction of sp³-hybridized carbons (Fsp3) is 0.250. The molecule has 0 aliphatic carbocycles. The number of nitrogens with zero attached hydrogens (tertiary/aromatic N) is 1. The summed E-state index contributed by atoms with van der Waals surface area (Å²) in [5, 5.41) is 0.497. The monoisotopic (exact) mass is 249 g/mol. The summed E-state index contributed by atoms with van der Waals surface area (Å²) in [7, 11) is 0. The number of hydrogen-bond donors (Lipinski definition) is 0. The minimum Gasteiger partial charge on any atom is -0.482 e. The van der Waals surface area contributed by atoms with Crippen LogP contribution in [0.2, 0.25) is 0 Å². The van der Waals surface area contributed by atoms with Crippen LogP contribution in [-0.2, 0) is 19.2 Å². The van der Waals surface area contributed by atoms with E-state index in [0.29, 0.717) is 10.8 Å². The zero-order valence-electron chi connectivity index (χ0n) is 9.50. The molecule has 0 N–H and O–H groups in total. The first-order valence-electron chi connectivity index (χ1n) is 5.41. The Bertz CT molecular complexity index is 455. The maximum atomic E-state index is 11.4. The molecule has 94 valence electrons. The van der Waals surface area contributed by atoms with Crippen LogP contribution < -0.4 is 4.74 Å². The number of benzene rings is 1. The van der Waals surface area contributed by atoms with Gasteiger partial charge < -0.3 is 9.57 Å². The fourth-order valence-electron chi connectivity index (χ4n) is 1.45. The topological polar surface area (TPSA) is 72.9 Å². The number of carbonyl (C=O) groups is 3. The van der Waals surface area contributed by atoms with Gasteiger partial charge in [0.05, 0.1) is 0 Å². The quantitative estimate of drug-likeness (QED) is 0.733. The van der Waals surface area contributed by atoms with Crippen LogP contribution in [0.5, 0.6) is 5.75 Å². The van der Waals surface area contributed by atoms with E-state index in [1.165, 1.54) is 0 Å². The molecular weight excluding hydrogens is 238 g/mol. The van der Waals surface area contributed by atoms with Crippen LogP contribution in [0.3, 0.4) is 0 Å². The lowest BCUT2D eigenvalue weighted by Crippen LogP contribution is -2.33. The van der Waals surface area contributed by atoms with Crippen LogP contribution in [-0.4, -0.2) is 29.5 Å². The SMILES string of the molecule is O=C(COc1ccccc1)ON1C(=O)CCC1=O. The van der Waals surface area contributed by atoms with Crippen LogP contribution >= 0.6 is 0 Å². The van der Waals surface area contributed by atoms with Gasteiger partial charge in [0.2, 0.25) is 0 Å². The molecule has 1 aromatic rings. The molecule has 0 unspecified atom stereocenters. The summed E-state index contributed by atoms with van der Waals surface area (Å²) in [5.41, 5.74) is 0. The van der Waals surface area contributed by atoms with Crippen LogP contribution in [0.1, 0.15) is 12.8 Å². The lowest BCUT2D eigenvalue weighted by atomic mass is 10.3. The number of para-hydroxylation sites is 1. The van der Waals surface area contributed by atoms with Crippen LogP contribution in [0, 0.1) is 0 Å². The summed E-state index contributed by atoms with van der Waals surface area (Å²) in [6.45, 7) is -0.360. The van der Waals surface area contributed by atoms with Crippen molar-refractivity contribution in [3.8, 4) is 5.75 Å². The molecule has 18 heavy (non-hydrogen) atoms. The molecule has 1 fully saturated rings. The minimum atomic E-state index is -0.789. The lowest BCUT2D eigenvalue weighted by Gasteiger charge is -2.12. The molecule has 0 radical (unpaired) electrons. The second kappa shape index (κ2) is 5.31. The van der Waals surface area contributed by atoms with Gasteiger partial charge in [0, 0.05) is 12.8 Å². The number of hydroxylamine groups is 2. The second-order valence-corrected chi connectivity index (χ2v) is 3.65. The average Bonchev–Trinajstić information content (AvgIpc) is 2.69. The lowest BCUT2D eigenvalue weighted by molar-refractivity contribution is -0.198. The predicted octanol–water partition coefficient (Wildman–Crippen LogP) is 0.673. The molecule has 6 heteroatoms. The number of hydrogen-bond acceptors (Lipinski definition) is 5. The van der Waals surface area contributed by atoms with Crippen molar-refractivity contribution in [1.29, 1.82) is 0 Å². The smallest absolute Gasteiger partial charge is 0.370 e. The van der Waals surface area contributed by atoms with Crippen molar-refractivity contribution in [1.82, 2.24) is 5.06 Å². The van der Waals surface area contributed by atoms with Crippen molar-refractivity contribution >= 4 is 17.8 Å². The van der Waals surface area contributed by atoms with Crippen molar-refractivity contribution in [2.24, 2.45) is 0 Å². The number of rotatable bonds is 4. The van der Waals surface area contributed by atoms with Gasteiger partial charge in [-0.05, 0) is 12.1 Å². The van der Waals surface area contributed by atoms with E-state index in [-0.39, 0.29) is 19.4 Å².